The largest absolute Gasteiger partial charge is 0.497 e. The SMILES string of the molecule is COc1ccc(S(=O)(=O)NC2CCC(C)(C)CC2)c(N)c1. The predicted octanol–water partition coefficient (Wildman–Crippen LogP) is 2.52. The maximum absolute atomic E-state index is 12.5. The normalized spacial score (nSPS) is 19.4. The van der Waals surface area contributed by atoms with E-state index >= 15 is 0 Å². The number of nitrogen functional groups attached to an aromatic ring is 1. The highest BCUT2D eigenvalue weighted by molar-refractivity contribution is 7.89. The summed E-state index contributed by atoms with van der Waals surface area (Å²) in [6, 6.07) is 4.61. The van der Waals surface area contributed by atoms with Gasteiger partial charge in [0.15, 0.2) is 0 Å². The molecule has 21 heavy (non-hydrogen) atoms. The molecule has 1 aromatic carbocycles. The van der Waals surface area contributed by atoms with E-state index < -0.39 is 10.0 Å². The molecule has 0 saturated heterocycles. The zero-order chi connectivity index (χ0) is 15.7. The third-order valence-corrected chi connectivity index (χ3v) is 5.76. The van der Waals surface area contributed by atoms with Crippen molar-refractivity contribution < 1.29 is 13.2 Å². The second-order valence-corrected chi connectivity index (χ2v) is 8.15. The lowest BCUT2D eigenvalue weighted by Crippen LogP contribution is -2.39. The van der Waals surface area contributed by atoms with Crippen LogP contribution in [0.4, 0.5) is 5.69 Å². The van der Waals surface area contributed by atoms with E-state index in [4.69, 9.17) is 10.5 Å². The third-order valence-electron chi connectivity index (χ3n) is 4.17. The van der Waals surface area contributed by atoms with Crippen molar-refractivity contribution >= 4 is 15.7 Å². The van der Waals surface area contributed by atoms with Crippen LogP contribution in [0.3, 0.4) is 0 Å². The number of sulfonamides is 1. The highest BCUT2D eigenvalue weighted by atomic mass is 32.2. The molecule has 118 valence electrons. The lowest BCUT2D eigenvalue weighted by Gasteiger charge is -2.34. The quantitative estimate of drug-likeness (QED) is 0.837. The molecule has 1 saturated carbocycles. The van der Waals surface area contributed by atoms with E-state index in [9.17, 15) is 8.42 Å². The Morgan fingerprint density at radius 1 is 1.29 bits per heavy atom. The Kier molecular flexibility index (Phi) is 4.49. The van der Waals surface area contributed by atoms with Crippen LogP contribution >= 0.6 is 0 Å². The molecule has 0 bridgehead atoms. The zero-order valence-electron chi connectivity index (χ0n) is 12.8. The first kappa shape index (κ1) is 16.1. The molecule has 0 radical (unpaired) electrons. The number of ether oxygens (including phenoxy) is 1. The van der Waals surface area contributed by atoms with Crippen molar-refractivity contribution in [3.63, 3.8) is 0 Å². The molecule has 6 heteroatoms. The predicted molar refractivity (Wildman–Crippen MR) is 83.8 cm³/mol. The summed E-state index contributed by atoms with van der Waals surface area (Å²) in [7, 11) is -2.06. The number of hydrogen-bond donors (Lipinski definition) is 2. The van der Waals surface area contributed by atoms with Crippen LogP contribution in [0.15, 0.2) is 23.1 Å². The summed E-state index contributed by atoms with van der Waals surface area (Å²) < 4.78 is 32.7. The van der Waals surface area contributed by atoms with Crippen molar-refractivity contribution in [3.05, 3.63) is 18.2 Å². The molecule has 0 heterocycles. The molecule has 3 N–H and O–H groups in total. The molecule has 1 aliphatic carbocycles. The monoisotopic (exact) mass is 312 g/mol. The average molecular weight is 312 g/mol. The van der Waals surface area contributed by atoms with Crippen LogP contribution in [-0.4, -0.2) is 21.6 Å². The van der Waals surface area contributed by atoms with E-state index in [0.29, 0.717) is 11.2 Å². The summed E-state index contributed by atoms with van der Waals surface area (Å²) in [5.74, 6) is 0.547. The Morgan fingerprint density at radius 2 is 1.90 bits per heavy atom. The van der Waals surface area contributed by atoms with Crippen LogP contribution in [-0.2, 0) is 10.0 Å². The van der Waals surface area contributed by atoms with Crippen LogP contribution in [0.5, 0.6) is 5.75 Å². The van der Waals surface area contributed by atoms with Gasteiger partial charge in [0.2, 0.25) is 10.0 Å². The number of methoxy groups -OCH3 is 1. The highest BCUT2D eigenvalue weighted by Gasteiger charge is 2.30. The van der Waals surface area contributed by atoms with Crippen molar-refractivity contribution in [2.24, 2.45) is 5.41 Å². The second-order valence-electron chi connectivity index (χ2n) is 6.46. The fourth-order valence-corrected chi connectivity index (χ4v) is 4.12. The Bertz CT molecular complexity index is 601. The summed E-state index contributed by atoms with van der Waals surface area (Å²) in [6.45, 7) is 4.44. The molecule has 2 rings (SSSR count). The minimum absolute atomic E-state index is 0.00970. The number of anilines is 1. The van der Waals surface area contributed by atoms with Gasteiger partial charge in [-0.25, -0.2) is 13.1 Å². The van der Waals surface area contributed by atoms with Crippen LogP contribution in [0, 0.1) is 5.41 Å². The van der Waals surface area contributed by atoms with E-state index in [-0.39, 0.29) is 16.6 Å². The van der Waals surface area contributed by atoms with Crippen molar-refractivity contribution in [1.82, 2.24) is 4.72 Å². The summed E-state index contributed by atoms with van der Waals surface area (Å²) in [6.07, 6.45) is 3.78. The molecule has 0 aliphatic heterocycles. The molecule has 0 unspecified atom stereocenters. The van der Waals surface area contributed by atoms with Gasteiger partial charge in [0, 0.05) is 12.1 Å². The molecular formula is C15H24N2O3S. The van der Waals surface area contributed by atoms with Crippen LogP contribution in [0.2, 0.25) is 0 Å². The van der Waals surface area contributed by atoms with Gasteiger partial charge in [0.25, 0.3) is 0 Å². The van der Waals surface area contributed by atoms with E-state index in [0.717, 1.165) is 25.7 Å². The van der Waals surface area contributed by atoms with Crippen molar-refractivity contribution in [2.45, 2.75) is 50.5 Å². The van der Waals surface area contributed by atoms with Gasteiger partial charge in [-0.3, -0.25) is 0 Å². The molecule has 1 fully saturated rings. The summed E-state index contributed by atoms with van der Waals surface area (Å²) in [5, 5.41) is 0. The molecule has 5 nitrogen and oxygen atoms in total. The standard InChI is InChI=1S/C15H24N2O3S/c1-15(2)8-6-11(7-9-15)17-21(18,19)14-5-4-12(20-3)10-13(14)16/h4-5,10-11,17H,6-9,16H2,1-3H3. The van der Waals surface area contributed by atoms with Gasteiger partial charge >= 0.3 is 0 Å². The van der Waals surface area contributed by atoms with E-state index in [2.05, 4.69) is 18.6 Å². The summed E-state index contributed by atoms with van der Waals surface area (Å²) in [4.78, 5) is 0.119. The smallest absolute Gasteiger partial charge is 0.242 e. The van der Waals surface area contributed by atoms with Crippen LogP contribution < -0.4 is 15.2 Å². The Labute approximate surface area is 126 Å². The first-order valence-corrected chi connectivity index (χ1v) is 8.68. The number of benzene rings is 1. The summed E-state index contributed by atoms with van der Waals surface area (Å²) >= 11 is 0. The lowest BCUT2D eigenvalue weighted by molar-refractivity contribution is 0.218. The topological polar surface area (TPSA) is 81.4 Å². The maximum Gasteiger partial charge on any atom is 0.242 e. The van der Waals surface area contributed by atoms with E-state index in [1.807, 2.05) is 0 Å². The van der Waals surface area contributed by atoms with Crippen LogP contribution in [0.25, 0.3) is 0 Å². The molecular weight excluding hydrogens is 288 g/mol. The first-order chi connectivity index (χ1) is 9.73. The zero-order valence-corrected chi connectivity index (χ0v) is 13.7. The molecule has 0 spiro atoms. The Morgan fingerprint density at radius 3 is 2.43 bits per heavy atom. The molecule has 1 aliphatic rings. The fourth-order valence-electron chi connectivity index (χ4n) is 2.70. The van der Waals surface area contributed by atoms with Crippen LogP contribution in [0.1, 0.15) is 39.5 Å². The Hall–Kier alpha value is -1.27. The highest BCUT2D eigenvalue weighted by Crippen LogP contribution is 2.35. The Balaban J connectivity index is 2.12. The average Bonchev–Trinajstić information content (AvgIpc) is 2.40. The molecule has 0 amide bonds. The number of rotatable bonds is 4. The van der Waals surface area contributed by atoms with Gasteiger partial charge in [0.05, 0.1) is 12.8 Å². The molecule has 1 aromatic rings. The van der Waals surface area contributed by atoms with Gasteiger partial charge in [0.1, 0.15) is 10.6 Å². The minimum atomic E-state index is -3.58. The van der Waals surface area contributed by atoms with E-state index in [1.54, 1.807) is 6.07 Å². The van der Waals surface area contributed by atoms with Gasteiger partial charge in [-0.15, -0.1) is 0 Å². The van der Waals surface area contributed by atoms with Gasteiger partial charge in [-0.1, -0.05) is 13.8 Å². The number of nitrogens with one attached hydrogen (secondary N) is 1. The van der Waals surface area contributed by atoms with Gasteiger partial charge in [-0.2, -0.15) is 0 Å². The second kappa shape index (κ2) is 5.85. The van der Waals surface area contributed by atoms with E-state index in [1.165, 1.54) is 19.2 Å². The van der Waals surface area contributed by atoms with Crippen molar-refractivity contribution in [1.29, 1.82) is 0 Å². The fraction of sp³-hybridized carbons (Fsp3) is 0.600. The minimum Gasteiger partial charge on any atom is -0.497 e. The van der Waals surface area contributed by atoms with Gasteiger partial charge in [-0.05, 0) is 43.2 Å². The molecule has 0 aromatic heterocycles. The third kappa shape index (κ3) is 3.89. The lowest BCUT2D eigenvalue weighted by atomic mass is 9.76. The maximum atomic E-state index is 12.5. The van der Waals surface area contributed by atoms with Gasteiger partial charge < -0.3 is 10.5 Å². The number of hydrogen-bond acceptors (Lipinski definition) is 4. The first-order valence-electron chi connectivity index (χ1n) is 7.19. The van der Waals surface area contributed by atoms with Crippen molar-refractivity contribution in [3.8, 4) is 5.75 Å². The number of nitrogens with two attached hydrogens (primary N) is 1. The molecule has 0 atom stereocenters. The van der Waals surface area contributed by atoms with Crippen molar-refractivity contribution in [2.75, 3.05) is 12.8 Å². The summed E-state index contributed by atoms with van der Waals surface area (Å²) in [5.41, 5.74) is 6.35.